The Bertz CT molecular complexity index is 376. The molecule has 0 aromatic heterocycles. The summed E-state index contributed by atoms with van der Waals surface area (Å²) < 4.78 is 4.59. The lowest BCUT2D eigenvalue weighted by Crippen LogP contribution is -2.14. The fraction of sp³-hybridized carbons (Fsp3) is 0.300. The van der Waals surface area contributed by atoms with E-state index in [1.54, 1.807) is 12.1 Å². The van der Waals surface area contributed by atoms with Crippen LogP contribution in [0.15, 0.2) is 18.2 Å². The summed E-state index contributed by atoms with van der Waals surface area (Å²) in [5.74, 6) is -0.381. The number of esters is 1. The summed E-state index contributed by atoms with van der Waals surface area (Å²) in [6.45, 7) is 0.583. The zero-order valence-electron chi connectivity index (χ0n) is 7.86. The van der Waals surface area contributed by atoms with Gasteiger partial charge in [-0.05, 0) is 24.1 Å². The van der Waals surface area contributed by atoms with Crippen LogP contribution >= 0.6 is 0 Å². The van der Waals surface area contributed by atoms with Gasteiger partial charge in [0.05, 0.1) is 18.4 Å². The minimum atomic E-state index is -0.381. The maximum atomic E-state index is 11.2. The molecule has 0 bridgehead atoms. The molecular weight excluding hydrogens is 182 g/mol. The Hall–Kier alpha value is -1.55. The van der Waals surface area contributed by atoms with E-state index < -0.39 is 0 Å². The number of methoxy groups -OCH3 is 1. The Morgan fingerprint density at radius 3 is 3.07 bits per heavy atom. The molecule has 14 heavy (non-hydrogen) atoms. The van der Waals surface area contributed by atoms with Gasteiger partial charge in [-0.2, -0.15) is 0 Å². The molecule has 0 radical (unpaired) electrons. The Balaban J connectivity index is 2.39. The van der Waals surface area contributed by atoms with E-state index in [0.29, 0.717) is 17.8 Å². The number of fused-ring (bicyclic) bond motifs is 1. The van der Waals surface area contributed by atoms with Crippen LogP contribution < -0.4 is 5.06 Å². The van der Waals surface area contributed by atoms with E-state index in [4.69, 9.17) is 0 Å². The van der Waals surface area contributed by atoms with E-state index in [1.165, 1.54) is 7.11 Å². The summed E-state index contributed by atoms with van der Waals surface area (Å²) in [5, 5.41) is 10.6. The van der Waals surface area contributed by atoms with Gasteiger partial charge in [0.15, 0.2) is 0 Å². The van der Waals surface area contributed by atoms with E-state index in [9.17, 15) is 10.0 Å². The van der Waals surface area contributed by atoms with Gasteiger partial charge >= 0.3 is 5.97 Å². The quantitative estimate of drug-likeness (QED) is 0.681. The molecule has 0 spiro atoms. The molecule has 0 unspecified atom stereocenters. The number of ether oxygens (including phenoxy) is 1. The second-order valence-electron chi connectivity index (χ2n) is 3.21. The van der Waals surface area contributed by atoms with Crippen LogP contribution in [-0.4, -0.2) is 24.8 Å². The number of carbonyl (C=O) groups excluding carboxylic acids is 1. The zero-order chi connectivity index (χ0) is 10.1. The van der Waals surface area contributed by atoms with Crippen LogP contribution in [0, 0.1) is 0 Å². The molecular formula is C10H11NO3. The van der Waals surface area contributed by atoms with Gasteiger partial charge < -0.3 is 4.74 Å². The average Bonchev–Trinajstić information content (AvgIpc) is 2.59. The fourth-order valence-corrected chi connectivity index (χ4v) is 1.61. The largest absolute Gasteiger partial charge is 0.465 e. The number of benzene rings is 1. The van der Waals surface area contributed by atoms with Crippen molar-refractivity contribution in [3.63, 3.8) is 0 Å². The van der Waals surface area contributed by atoms with Crippen molar-refractivity contribution in [1.29, 1.82) is 0 Å². The molecule has 0 saturated heterocycles. The number of carbonyl (C=O) groups is 1. The van der Waals surface area contributed by atoms with Crippen molar-refractivity contribution in [3.8, 4) is 0 Å². The summed E-state index contributed by atoms with van der Waals surface area (Å²) in [6, 6.07) is 5.20. The van der Waals surface area contributed by atoms with Crippen molar-refractivity contribution in [2.24, 2.45) is 0 Å². The minimum absolute atomic E-state index is 0.381. The second-order valence-corrected chi connectivity index (χ2v) is 3.21. The smallest absolute Gasteiger partial charge is 0.337 e. The molecule has 1 aliphatic heterocycles. The molecule has 0 aliphatic carbocycles. The van der Waals surface area contributed by atoms with Gasteiger partial charge in [0.2, 0.25) is 0 Å². The second kappa shape index (κ2) is 3.31. The van der Waals surface area contributed by atoms with Crippen LogP contribution in [0.4, 0.5) is 5.69 Å². The fourth-order valence-electron chi connectivity index (χ4n) is 1.61. The number of hydroxylamine groups is 1. The number of anilines is 1. The van der Waals surface area contributed by atoms with Gasteiger partial charge in [0.1, 0.15) is 0 Å². The molecule has 0 amide bonds. The van der Waals surface area contributed by atoms with Crippen LogP contribution in [0.25, 0.3) is 0 Å². The van der Waals surface area contributed by atoms with Gasteiger partial charge in [0, 0.05) is 6.54 Å². The molecule has 0 saturated carbocycles. The Morgan fingerprint density at radius 2 is 2.36 bits per heavy atom. The predicted octanol–water partition coefficient (Wildman–Crippen LogP) is 1.22. The molecule has 4 heteroatoms. The van der Waals surface area contributed by atoms with Crippen molar-refractivity contribution in [2.45, 2.75) is 6.42 Å². The van der Waals surface area contributed by atoms with E-state index in [2.05, 4.69) is 4.74 Å². The van der Waals surface area contributed by atoms with Gasteiger partial charge in [-0.3, -0.25) is 10.3 Å². The first kappa shape index (κ1) is 9.02. The van der Waals surface area contributed by atoms with Gasteiger partial charge in [-0.15, -0.1) is 0 Å². The maximum absolute atomic E-state index is 11.2. The van der Waals surface area contributed by atoms with E-state index in [-0.39, 0.29) is 5.97 Å². The summed E-state index contributed by atoms with van der Waals surface area (Å²) >= 11 is 0. The summed E-state index contributed by atoms with van der Waals surface area (Å²) in [5.41, 5.74) is 2.22. The van der Waals surface area contributed by atoms with Gasteiger partial charge in [0.25, 0.3) is 0 Å². The van der Waals surface area contributed by atoms with Gasteiger partial charge in [-0.1, -0.05) is 6.07 Å². The van der Waals surface area contributed by atoms with Crippen LogP contribution in [-0.2, 0) is 11.2 Å². The molecule has 1 aliphatic rings. The lowest BCUT2D eigenvalue weighted by atomic mass is 10.1. The number of hydrogen-bond acceptors (Lipinski definition) is 4. The van der Waals surface area contributed by atoms with Crippen molar-refractivity contribution >= 4 is 11.7 Å². The standard InChI is InChI=1S/C10H11NO3/c1-14-10(12)8-3-2-7-4-5-11(13)9(7)6-8/h2-3,6,13H,4-5H2,1H3. The first-order chi connectivity index (χ1) is 6.72. The molecule has 2 rings (SSSR count). The summed E-state index contributed by atoms with van der Waals surface area (Å²) in [7, 11) is 1.34. The molecule has 1 N–H and O–H groups in total. The first-order valence-corrected chi connectivity index (χ1v) is 4.40. The lowest BCUT2D eigenvalue weighted by molar-refractivity contribution is 0.0601. The first-order valence-electron chi connectivity index (χ1n) is 4.40. The van der Waals surface area contributed by atoms with Crippen molar-refractivity contribution in [1.82, 2.24) is 0 Å². The van der Waals surface area contributed by atoms with E-state index >= 15 is 0 Å². The van der Waals surface area contributed by atoms with Crippen LogP contribution in [0.1, 0.15) is 15.9 Å². The number of hydrogen-bond donors (Lipinski definition) is 1. The lowest BCUT2D eigenvalue weighted by Gasteiger charge is -2.10. The third-order valence-electron chi connectivity index (χ3n) is 2.38. The molecule has 0 atom stereocenters. The monoisotopic (exact) mass is 193 g/mol. The Labute approximate surface area is 81.7 Å². The minimum Gasteiger partial charge on any atom is -0.465 e. The maximum Gasteiger partial charge on any atom is 0.337 e. The highest BCUT2D eigenvalue weighted by atomic mass is 16.5. The highest BCUT2D eigenvalue weighted by molar-refractivity contribution is 5.90. The van der Waals surface area contributed by atoms with Crippen molar-refractivity contribution < 1.29 is 14.7 Å². The summed E-state index contributed by atoms with van der Waals surface area (Å²) in [4.78, 5) is 11.2. The van der Waals surface area contributed by atoms with Crippen LogP contribution in [0.2, 0.25) is 0 Å². The van der Waals surface area contributed by atoms with Crippen molar-refractivity contribution in [3.05, 3.63) is 29.3 Å². The number of nitrogens with zero attached hydrogens (tertiary/aromatic N) is 1. The normalized spacial score (nSPS) is 14.0. The molecule has 74 valence electrons. The third-order valence-corrected chi connectivity index (χ3v) is 2.38. The van der Waals surface area contributed by atoms with Crippen LogP contribution in [0.5, 0.6) is 0 Å². The van der Waals surface area contributed by atoms with E-state index in [1.807, 2.05) is 6.07 Å². The predicted molar refractivity (Wildman–Crippen MR) is 50.6 cm³/mol. The Kier molecular flexibility index (Phi) is 2.13. The number of rotatable bonds is 1. The molecule has 0 fully saturated rings. The molecule has 4 nitrogen and oxygen atoms in total. The van der Waals surface area contributed by atoms with Crippen molar-refractivity contribution in [2.75, 3.05) is 18.7 Å². The topological polar surface area (TPSA) is 49.8 Å². The van der Waals surface area contributed by atoms with Crippen LogP contribution in [0.3, 0.4) is 0 Å². The average molecular weight is 193 g/mol. The molecule has 1 heterocycles. The highest BCUT2D eigenvalue weighted by Crippen LogP contribution is 2.27. The molecule has 1 aromatic rings. The highest BCUT2D eigenvalue weighted by Gasteiger charge is 2.19. The third kappa shape index (κ3) is 1.33. The summed E-state index contributed by atoms with van der Waals surface area (Å²) in [6.07, 6.45) is 0.813. The Morgan fingerprint density at radius 1 is 1.57 bits per heavy atom. The zero-order valence-corrected chi connectivity index (χ0v) is 7.86. The molecule has 1 aromatic carbocycles. The van der Waals surface area contributed by atoms with E-state index in [0.717, 1.165) is 17.0 Å². The SMILES string of the molecule is COC(=O)c1ccc2c(c1)N(O)CC2. The van der Waals surface area contributed by atoms with Gasteiger partial charge in [-0.25, -0.2) is 4.79 Å².